The molecule has 0 atom stereocenters. The molecule has 1 aromatic rings. The van der Waals surface area contributed by atoms with E-state index < -0.39 is 0 Å². The van der Waals surface area contributed by atoms with Crippen molar-refractivity contribution in [1.29, 1.82) is 0 Å². The molecule has 29 heavy (non-hydrogen) atoms. The summed E-state index contributed by atoms with van der Waals surface area (Å²) in [5, 5.41) is 3.64. The molecule has 8 heteroatoms. The number of methoxy groups -OCH3 is 1. The number of piperazine rings is 1. The van der Waals surface area contributed by atoms with Crippen molar-refractivity contribution in [3.63, 3.8) is 0 Å². The number of halogens is 1. The quantitative estimate of drug-likeness (QED) is 0.367. The second-order valence-electron chi connectivity index (χ2n) is 7.80. The first kappa shape index (κ1) is 24.0. The predicted octanol–water partition coefficient (Wildman–Crippen LogP) is 2.12. The van der Waals surface area contributed by atoms with Gasteiger partial charge in [0.05, 0.1) is 7.11 Å². The van der Waals surface area contributed by atoms with Crippen molar-refractivity contribution in [3.05, 3.63) is 24.3 Å². The number of guanidine groups is 1. The topological polar surface area (TPSA) is 52.6 Å². The minimum Gasteiger partial charge on any atom is -0.497 e. The van der Waals surface area contributed by atoms with E-state index in [1.807, 2.05) is 19.2 Å². The van der Waals surface area contributed by atoms with Crippen molar-refractivity contribution < 1.29 is 9.47 Å². The number of nitrogens with one attached hydrogen (secondary N) is 1. The van der Waals surface area contributed by atoms with Gasteiger partial charge in [0.1, 0.15) is 5.75 Å². The van der Waals surface area contributed by atoms with Crippen LogP contribution in [0.4, 0.5) is 5.69 Å². The highest BCUT2D eigenvalue weighted by molar-refractivity contribution is 14.0. The molecule has 0 amide bonds. The average molecular weight is 517 g/mol. The van der Waals surface area contributed by atoms with Crippen LogP contribution in [0.1, 0.15) is 12.8 Å². The third kappa shape index (κ3) is 5.88. The number of benzene rings is 1. The summed E-state index contributed by atoms with van der Waals surface area (Å²) in [5.74, 6) is 1.90. The molecule has 0 aromatic heterocycles. The Morgan fingerprint density at radius 3 is 2.28 bits per heavy atom. The maximum absolute atomic E-state index is 5.58. The van der Waals surface area contributed by atoms with Gasteiger partial charge in [-0.15, -0.1) is 24.0 Å². The largest absolute Gasteiger partial charge is 0.497 e. The molecule has 2 aliphatic heterocycles. The molecule has 2 aliphatic rings. The Balaban J connectivity index is 0.00000300. The van der Waals surface area contributed by atoms with Crippen LogP contribution in [0.3, 0.4) is 0 Å². The molecule has 0 radical (unpaired) electrons. The molecule has 0 spiro atoms. The summed E-state index contributed by atoms with van der Waals surface area (Å²) in [4.78, 5) is 11.7. The van der Waals surface area contributed by atoms with Gasteiger partial charge in [-0.2, -0.15) is 0 Å². The van der Waals surface area contributed by atoms with Crippen LogP contribution in [0.2, 0.25) is 0 Å². The summed E-state index contributed by atoms with van der Waals surface area (Å²) in [6.45, 7) is 6.46. The van der Waals surface area contributed by atoms with E-state index >= 15 is 0 Å². The van der Waals surface area contributed by atoms with Crippen molar-refractivity contribution >= 4 is 35.6 Å². The summed E-state index contributed by atoms with van der Waals surface area (Å²) in [6, 6.07) is 8.31. The van der Waals surface area contributed by atoms with Gasteiger partial charge in [0.15, 0.2) is 5.96 Å². The highest BCUT2D eigenvalue weighted by Gasteiger charge is 2.35. The molecule has 2 fully saturated rings. The lowest BCUT2D eigenvalue weighted by Gasteiger charge is -2.44. The molecule has 0 aliphatic carbocycles. The Morgan fingerprint density at radius 1 is 1.14 bits per heavy atom. The second-order valence-corrected chi connectivity index (χ2v) is 7.80. The van der Waals surface area contributed by atoms with Crippen LogP contribution >= 0.6 is 24.0 Å². The number of hydrogen-bond donors (Lipinski definition) is 1. The van der Waals surface area contributed by atoms with Crippen molar-refractivity contribution in [2.24, 2.45) is 4.99 Å². The number of nitrogens with zero attached hydrogens (tertiary/aromatic N) is 4. The minimum atomic E-state index is 0. The first-order valence-electron chi connectivity index (χ1n) is 10.2. The molecular weight excluding hydrogens is 481 g/mol. The number of rotatable bonds is 5. The molecule has 1 aromatic carbocycles. The summed E-state index contributed by atoms with van der Waals surface area (Å²) in [7, 11) is 7.92. The van der Waals surface area contributed by atoms with E-state index in [4.69, 9.17) is 9.47 Å². The van der Waals surface area contributed by atoms with E-state index in [9.17, 15) is 0 Å². The van der Waals surface area contributed by atoms with Gasteiger partial charge in [-0.1, -0.05) is 0 Å². The zero-order chi connectivity index (χ0) is 20.0. The fourth-order valence-electron chi connectivity index (χ4n) is 4.08. The predicted molar refractivity (Wildman–Crippen MR) is 130 cm³/mol. The highest BCUT2D eigenvalue weighted by Crippen LogP contribution is 2.25. The van der Waals surface area contributed by atoms with E-state index in [-0.39, 0.29) is 29.5 Å². The maximum atomic E-state index is 5.58. The third-order valence-electron chi connectivity index (χ3n) is 6.18. The molecule has 2 saturated heterocycles. The smallest absolute Gasteiger partial charge is 0.193 e. The van der Waals surface area contributed by atoms with Gasteiger partial charge >= 0.3 is 0 Å². The van der Waals surface area contributed by atoms with Crippen LogP contribution in [0.25, 0.3) is 0 Å². The normalized spacial score (nSPS) is 19.7. The van der Waals surface area contributed by atoms with Gasteiger partial charge in [-0.25, -0.2) is 0 Å². The van der Waals surface area contributed by atoms with Gasteiger partial charge in [0.25, 0.3) is 0 Å². The minimum absolute atomic E-state index is 0. The summed E-state index contributed by atoms with van der Waals surface area (Å²) >= 11 is 0. The monoisotopic (exact) mass is 517 g/mol. The number of aliphatic imine (C=N–C) groups is 1. The van der Waals surface area contributed by atoms with Crippen LogP contribution in [-0.2, 0) is 4.74 Å². The first-order chi connectivity index (χ1) is 13.6. The lowest BCUT2D eigenvalue weighted by molar-refractivity contribution is -0.00526. The molecular formula is C21H36IN5O2. The van der Waals surface area contributed by atoms with E-state index in [0.29, 0.717) is 0 Å². The summed E-state index contributed by atoms with van der Waals surface area (Å²) < 4.78 is 10.8. The van der Waals surface area contributed by atoms with Crippen LogP contribution in [0, 0.1) is 0 Å². The van der Waals surface area contributed by atoms with Gasteiger partial charge in [0, 0.05) is 64.2 Å². The number of ether oxygens (including phenoxy) is 2. The van der Waals surface area contributed by atoms with Crippen molar-refractivity contribution in [3.8, 4) is 5.75 Å². The van der Waals surface area contributed by atoms with E-state index in [0.717, 1.165) is 70.5 Å². The Morgan fingerprint density at radius 2 is 1.76 bits per heavy atom. The fourth-order valence-corrected chi connectivity index (χ4v) is 4.08. The molecule has 3 rings (SSSR count). The van der Waals surface area contributed by atoms with Crippen molar-refractivity contribution in [2.45, 2.75) is 18.4 Å². The number of likely N-dealkylation sites (N-methyl/N-ethyl adjacent to an activating group) is 1. The fraction of sp³-hybridized carbons (Fsp3) is 0.667. The van der Waals surface area contributed by atoms with Crippen molar-refractivity contribution in [1.82, 2.24) is 15.1 Å². The molecule has 7 nitrogen and oxygen atoms in total. The van der Waals surface area contributed by atoms with Crippen LogP contribution in [0.15, 0.2) is 29.3 Å². The molecule has 0 unspecified atom stereocenters. The van der Waals surface area contributed by atoms with Gasteiger partial charge < -0.3 is 29.5 Å². The van der Waals surface area contributed by atoms with E-state index in [1.165, 1.54) is 5.69 Å². The zero-order valence-corrected chi connectivity index (χ0v) is 20.5. The number of hydrogen-bond acceptors (Lipinski definition) is 5. The van der Waals surface area contributed by atoms with Gasteiger partial charge in [0.2, 0.25) is 0 Å². The average Bonchev–Trinajstić information content (AvgIpc) is 2.75. The van der Waals surface area contributed by atoms with E-state index in [1.54, 1.807) is 7.11 Å². The van der Waals surface area contributed by atoms with Crippen LogP contribution in [-0.4, -0.2) is 95.5 Å². The SMILES string of the molecule is CN=C(NCC1(N(C)C)CCOCC1)N1CCN(c2ccc(OC)cc2)CC1.I. The summed E-state index contributed by atoms with van der Waals surface area (Å²) in [6.07, 6.45) is 2.10. The molecule has 0 saturated carbocycles. The molecule has 0 bridgehead atoms. The Hall–Kier alpha value is -1.26. The first-order valence-corrected chi connectivity index (χ1v) is 10.2. The van der Waals surface area contributed by atoms with Crippen LogP contribution in [0.5, 0.6) is 5.75 Å². The van der Waals surface area contributed by atoms with Gasteiger partial charge in [-0.3, -0.25) is 4.99 Å². The third-order valence-corrected chi connectivity index (χ3v) is 6.18. The molecule has 1 N–H and O–H groups in total. The lowest BCUT2D eigenvalue weighted by Crippen LogP contribution is -2.59. The maximum Gasteiger partial charge on any atom is 0.193 e. The zero-order valence-electron chi connectivity index (χ0n) is 18.2. The Bertz CT molecular complexity index is 639. The Labute approximate surface area is 192 Å². The molecule has 2 heterocycles. The standard InChI is InChI=1S/C21H35N5O2.HI/c1-22-20(23-17-21(24(2)3)9-15-28-16-10-21)26-13-11-25(12-14-26)18-5-7-19(27-4)8-6-18;/h5-8H,9-17H2,1-4H3,(H,22,23);1H. The molecule has 164 valence electrons. The van der Waals surface area contributed by atoms with Crippen LogP contribution < -0.4 is 15.0 Å². The van der Waals surface area contributed by atoms with E-state index in [2.05, 4.69) is 51.2 Å². The lowest BCUT2D eigenvalue weighted by atomic mass is 9.88. The van der Waals surface area contributed by atoms with Gasteiger partial charge in [-0.05, 0) is 51.2 Å². The number of anilines is 1. The second kappa shape index (κ2) is 11.2. The Kier molecular flexibility index (Phi) is 9.29. The highest BCUT2D eigenvalue weighted by atomic mass is 127. The summed E-state index contributed by atoms with van der Waals surface area (Å²) in [5.41, 5.74) is 1.39. The van der Waals surface area contributed by atoms with Crippen molar-refractivity contribution in [2.75, 3.05) is 79.1 Å².